The van der Waals surface area contributed by atoms with Crippen LogP contribution >= 0.6 is 0 Å². The predicted octanol–water partition coefficient (Wildman–Crippen LogP) is 1.56. The molecule has 100 valence electrons. The van der Waals surface area contributed by atoms with E-state index in [9.17, 15) is 5.11 Å². The van der Waals surface area contributed by atoms with Crippen molar-refractivity contribution in [1.29, 1.82) is 0 Å². The molecule has 2 saturated heterocycles. The van der Waals surface area contributed by atoms with Crippen LogP contribution in [0.15, 0.2) is 0 Å². The Bertz CT molecular complexity index is 243. The van der Waals surface area contributed by atoms with Gasteiger partial charge >= 0.3 is 0 Å². The normalized spacial score (nSPS) is 30.0. The minimum atomic E-state index is -0.208. The maximum Gasteiger partial charge on any atom is 0.0715 e. The first-order chi connectivity index (χ1) is 7.97. The van der Waals surface area contributed by atoms with E-state index in [1.54, 1.807) is 0 Å². The molecule has 2 fully saturated rings. The van der Waals surface area contributed by atoms with Gasteiger partial charge in [0, 0.05) is 19.1 Å². The van der Waals surface area contributed by atoms with Crippen molar-refractivity contribution in [3.8, 4) is 0 Å². The topological polar surface area (TPSA) is 26.7 Å². The molecular formula is C14H28N2O. The molecule has 0 radical (unpaired) electrons. The van der Waals surface area contributed by atoms with Crippen LogP contribution in [-0.2, 0) is 0 Å². The second-order valence-electron chi connectivity index (χ2n) is 6.83. The first kappa shape index (κ1) is 13.3. The molecule has 2 atom stereocenters. The first-order valence-corrected chi connectivity index (χ1v) is 7.11. The maximum absolute atomic E-state index is 10.1. The van der Waals surface area contributed by atoms with Crippen molar-refractivity contribution in [2.24, 2.45) is 5.41 Å². The Kier molecular flexibility index (Phi) is 4.11. The van der Waals surface area contributed by atoms with Gasteiger partial charge < -0.3 is 5.11 Å². The monoisotopic (exact) mass is 240 g/mol. The molecule has 2 aliphatic heterocycles. The predicted molar refractivity (Wildman–Crippen MR) is 71.1 cm³/mol. The average Bonchev–Trinajstić information content (AvgIpc) is 2.83. The van der Waals surface area contributed by atoms with Gasteiger partial charge in [0.1, 0.15) is 0 Å². The number of aliphatic hydroxyl groups excluding tert-OH is 1. The zero-order valence-electron chi connectivity index (χ0n) is 11.7. The second-order valence-corrected chi connectivity index (χ2v) is 6.83. The third-order valence-corrected chi connectivity index (χ3v) is 4.34. The average molecular weight is 240 g/mol. The van der Waals surface area contributed by atoms with Crippen LogP contribution in [0.4, 0.5) is 0 Å². The molecule has 2 rings (SSSR count). The van der Waals surface area contributed by atoms with Gasteiger partial charge in [0.15, 0.2) is 0 Å². The van der Waals surface area contributed by atoms with Crippen molar-refractivity contribution in [3.05, 3.63) is 0 Å². The van der Waals surface area contributed by atoms with Gasteiger partial charge in [-0.25, -0.2) is 0 Å². The lowest BCUT2D eigenvalue weighted by Crippen LogP contribution is -2.40. The molecule has 3 heteroatoms. The molecule has 0 amide bonds. The van der Waals surface area contributed by atoms with E-state index in [-0.39, 0.29) is 11.5 Å². The van der Waals surface area contributed by atoms with Crippen LogP contribution in [0, 0.1) is 5.41 Å². The van der Waals surface area contributed by atoms with Crippen molar-refractivity contribution in [3.63, 3.8) is 0 Å². The van der Waals surface area contributed by atoms with Crippen molar-refractivity contribution in [1.82, 2.24) is 9.80 Å². The number of hydrogen-bond donors (Lipinski definition) is 1. The van der Waals surface area contributed by atoms with Crippen LogP contribution in [0.3, 0.4) is 0 Å². The maximum atomic E-state index is 10.1. The Morgan fingerprint density at radius 1 is 1.18 bits per heavy atom. The summed E-state index contributed by atoms with van der Waals surface area (Å²) < 4.78 is 0. The van der Waals surface area contributed by atoms with Crippen molar-refractivity contribution >= 4 is 0 Å². The van der Waals surface area contributed by atoms with E-state index in [2.05, 4.69) is 30.6 Å². The van der Waals surface area contributed by atoms with Crippen molar-refractivity contribution < 1.29 is 5.11 Å². The number of β-amino-alcohol motifs (C(OH)–C–C–N with tert-alkyl or cyclic N) is 1. The van der Waals surface area contributed by atoms with Gasteiger partial charge in [-0.3, -0.25) is 9.80 Å². The van der Waals surface area contributed by atoms with Crippen LogP contribution < -0.4 is 0 Å². The van der Waals surface area contributed by atoms with E-state index >= 15 is 0 Å². The van der Waals surface area contributed by atoms with Crippen LogP contribution in [-0.4, -0.2) is 59.8 Å². The lowest BCUT2D eigenvalue weighted by molar-refractivity contribution is 0.0328. The Labute approximate surface area is 106 Å². The standard InChI is InChI=1S/C14H28N2O/c1-14(2,3)13(17)11-15-9-6-12(10-15)16-7-4-5-8-16/h12-13,17H,4-11H2,1-3H3. The van der Waals surface area contributed by atoms with E-state index < -0.39 is 0 Å². The number of hydrogen-bond acceptors (Lipinski definition) is 3. The van der Waals surface area contributed by atoms with E-state index in [0.717, 1.165) is 25.7 Å². The van der Waals surface area contributed by atoms with E-state index in [0.29, 0.717) is 0 Å². The lowest BCUT2D eigenvalue weighted by Gasteiger charge is -2.30. The van der Waals surface area contributed by atoms with Crippen molar-refractivity contribution in [2.45, 2.75) is 52.2 Å². The molecule has 0 spiro atoms. The SMILES string of the molecule is CC(C)(C)C(O)CN1CCC(N2CCCC2)C1. The van der Waals surface area contributed by atoms with Gasteiger partial charge in [-0.15, -0.1) is 0 Å². The summed E-state index contributed by atoms with van der Waals surface area (Å²) in [5.41, 5.74) is 0.00569. The van der Waals surface area contributed by atoms with Gasteiger partial charge in [-0.05, 0) is 44.3 Å². The summed E-state index contributed by atoms with van der Waals surface area (Å²) >= 11 is 0. The molecule has 1 N–H and O–H groups in total. The number of aliphatic hydroxyl groups is 1. The molecule has 0 aromatic carbocycles. The molecule has 2 unspecified atom stereocenters. The third-order valence-electron chi connectivity index (χ3n) is 4.34. The summed E-state index contributed by atoms with van der Waals surface area (Å²) in [6.45, 7) is 12.1. The molecule has 2 aliphatic rings. The van der Waals surface area contributed by atoms with Gasteiger partial charge in [0.05, 0.1) is 6.10 Å². The molecule has 3 nitrogen and oxygen atoms in total. The summed E-state index contributed by atoms with van der Waals surface area (Å²) in [4.78, 5) is 5.09. The molecule has 2 heterocycles. The summed E-state index contributed by atoms with van der Waals surface area (Å²) in [5.74, 6) is 0. The molecule has 0 bridgehead atoms. The third kappa shape index (κ3) is 3.43. The van der Waals surface area contributed by atoms with Crippen LogP contribution in [0.25, 0.3) is 0 Å². The fourth-order valence-electron chi connectivity index (χ4n) is 2.90. The second kappa shape index (κ2) is 5.25. The Morgan fingerprint density at radius 3 is 2.41 bits per heavy atom. The summed E-state index contributed by atoms with van der Waals surface area (Å²) in [6.07, 6.45) is 3.83. The minimum Gasteiger partial charge on any atom is -0.391 e. The minimum absolute atomic E-state index is 0.00569. The Balaban J connectivity index is 1.77. The molecule has 17 heavy (non-hydrogen) atoms. The van der Waals surface area contributed by atoms with Crippen LogP contribution in [0.1, 0.15) is 40.0 Å². The lowest BCUT2D eigenvalue weighted by atomic mass is 9.89. The highest BCUT2D eigenvalue weighted by molar-refractivity contribution is 4.87. The molecule has 0 saturated carbocycles. The molecular weight excluding hydrogens is 212 g/mol. The van der Waals surface area contributed by atoms with Crippen molar-refractivity contribution in [2.75, 3.05) is 32.7 Å². The van der Waals surface area contributed by atoms with Gasteiger partial charge in [-0.1, -0.05) is 20.8 Å². The van der Waals surface area contributed by atoms with Gasteiger partial charge in [-0.2, -0.15) is 0 Å². The first-order valence-electron chi connectivity index (χ1n) is 7.11. The molecule has 0 aliphatic carbocycles. The highest BCUT2D eigenvalue weighted by Crippen LogP contribution is 2.24. The fraction of sp³-hybridized carbons (Fsp3) is 1.00. The smallest absolute Gasteiger partial charge is 0.0715 e. The highest BCUT2D eigenvalue weighted by atomic mass is 16.3. The zero-order chi connectivity index (χ0) is 12.5. The van der Waals surface area contributed by atoms with Crippen LogP contribution in [0.2, 0.25) is 0 Å². The Morgan fingerprint density at radius 2 is 1.82 bits per heavy atom. The zero-order valence-corrected chi connectivity index (χ0v) is 11.7. The summed E-state index contributed by atoms with van der Waals surface area (Å²) in [7, 11) is 0. The van der Waals surface area contributed by atoms with Crippen LogP contribution in [0.5, 0.6) is 0 Å². The van der Waals surface area contributed by atoms with E-state index in [1.165, 1.54) is 32.4 Å². The summed E-state index contributed by atoms with van der Waals surface area (Å²) in [5, 5.41) is 10.1. The fourth-order valence-corrected chi connectivity index (χ4v) is 2.90. The number of rotatable bonds is 3. The van der Waals surface area contributed by atoms with E-state index in [1.807, 2.05) is 0 Å². The number of likely N-dealkylation sites (tertiary alicyclic amines) is 2. The summed E-state index contributed by atoms with van der Waals surface area (Å²) in [6, 6.07) is 0.754. The van der Waals surface area contributed by atoms with Gasteiger partial charge in [0.2, 0.25) is 0 Å². The number of nitrogens with zero attached hydrogens (tertiary/aromatic N) is 2. The van der Waals surface area contributed by atoms with E-state index in [4.69, 9.17) is 0 Å². The highest BCUT2D eigenvalue weighted by Gasteiger charge is 2.32. The Hall–Kier alpha value is -0.120. The quantitative estimate of drug-likeness (QED) is 0.811. The largest absolute Gasteiger partial charge is 0.391 e. The molecule has 0 aromatic rings. The van der Waals surface area contributed by atoms with Gasteiger partial charge in [0.25, 0.3) is 0 Å². The molecule has 0 aromatic heterocycles.